The highest BCUT2D eigenvalue weighted by atomic mass is 16.5. The van der Waals surface area contributed by atoms with Crippen molar-refractivity contribution in [2.24, 2.45) is 0 Å². The van der Waals surface area contributed by atoms with Crippen molar-refractivity contribution >= 4 is 5.97 Å². The van der Waals surface area contributed by atoms with Gasteiger partial charge >= 0.3 is 5.97 Å². The lowest BCUT2D eigenvalue weighted by Gasteiger charge is -2.12. The first-order chi connectivity index (χ1) is 10.2. The van der Waals surface area contributed by atoms with Crippen LogP contribution in [0, 0.1) is 0 Å². The number of nitrogens with zero attached hydrogens (tertiary/aromatic N) is 3. The molecule has 1 aliphatic heterocycles. The minimum absolute atomic E-state index is 0.0138. The fourth-order valence-corrected chi connectivity index (χ4v) is 2.63. The zero-order valence-corrected chi connectivity index (χ0v) is 12.1. The summed E-state index contributed by atoms with van der Waals surface area (Å²) in [6.45, 7) is 2.54. The molecule has 2 heterocycles. The van der Waals surface area contributed by atoms with E-state index in [1.54, 1.807) is 4.68 Å². The number of methoxy groups -OCH3 is 1. The number of carbonyl (C=O) groups excluding carboxylic acids is 1. The molecule has 0 radical (unpaired) electrons. The summed E-state index contributed by atoms with van der Waals surface area (Å²) in [5.74, 6) is 0.475. The minimum Gasteiger partial charge on any atom is -0.488 e. The quantitative estimate of drug-likeness (QED) is 0.800. The summed E-state index contributed by atoms with van der Waals surface area (Å²) in [4.78, 5) is 11.7. The van der Waals surface area contributed by atoms with Gasteiger partial charge in [-0.05, 0) is 18.1 Å². The molecule has 6 heteroatoms. The fourth-order valence-electron chi connectivity index (χ4n) is 2.63. The molecule has 0 N–H and O–H groups in total. The summed E-state index contributed by atoms with van der Waals surface area (Å²) in [6, 6.07) is 8.00. The second-order valence-corrected chi connectivity index (χ2v) is 4.96. The van der Waals surface area contributed by atoms with Crippen molar-refractivity contribution in [3.8, 4) is 5.75 Å². The number of esters is 1. The molecular formula is C15H17N3O3. The SMILES string of the molecule is CCc1c(C(=O)OC)nnn1CC1Cc2ccccc2O1. The van der Waals surface area contributed by atoms with Gasteiger partial charge in [-0.2, -0.15) is 0 Å². The molecule has 0 fully saturated rings. The second-order valence-electron chi connectivity index (χ2n) is 4.96. The predicted molar refractivity (Wildman–Crippen MR) is 75.3 cm³/mol. The Bertz CT molecular complexity index is 641. The molecule has 1 aromatic carbocycles. The topological polar surface area (TPSA) is 66.2 Å². The molecule has 0 bridgehead atoms. The maximum absolute atomic E-state index is 11.7. The van der Waals surface area contributed by atoms with E-state index in [2.05, 4.69) is 16.4 Å². The Morgan fingerprint density at radius 2 is 2.29 bits per heavy atom. The van der Waals surface area contributed by atoms with Crippen LogP contribution in [-0.4, -0.2) is 34.2 Å². The van der Waals surface area contributed by atoms with E-state index in [9.17, 15) is 4.79 Å². The van der Waals surface area contributed by atoms with Gasteiger partial charge in [0.25, 0.3) is 0 Å². The number of fused-ring (bicyclic) bond motifs is 1. The molecule has 6 nitrogen and oxygen atoms in total. The van der Waals surface area contributed by atoms with Crippen LogP contribution in [0.3, 0.4) is 0 Å². The molecule has 1 unspecified atom stereocenters. The summed E-state index contributed by atoms with van der Waals surface area (Å²) in [7, 11) is 1.34. The fraction of sp³-hybridized carbons (Fsp3) is 0.400. The molecule has 0 amide bonds. The Morgan fingerprint density at radius 3 is 3.00 bits per heavy atom. The number of aromatic nitrogens is 3. The molecule has 2 aromatic rings. The highest BCUT2D eigenvalue weighted by Crippen LogP contribution is 2.28. The monoisotopic (exact) mass is 287 g/mol. The smallest absolute Gasteiger partial charge is 0.360 e. The van der Waals surface area contributed by atoms with Crippen molar-refractivity contribution in [1.82, 2.24) is 15.0 Å². The lowest BCUT2D eigenvalue weighted by Crippen LogP contribution is -2.23. The number of hydrogen-bond donors (Lipinski definition) is 0. The largest absolute Gasteiger partial charge is 0.488 e. The van der Waals surface area contributed by atoms with Gasteiger partial charge in [0, 0.05) is 6.42 Å². The number of rotatable bonds is 4. The maximum Gasteiger partial charge on any atom is 0.360 e. The van der Waals surface area contributed by atoms with E-state index in [1.165, 1.54) is 12.7 Å². The molecule has 0 saturated carbocycles. The minimum atomic E-state index is -0.450. The molecular weight excluding hydrogens is 270 g/mol. The highest BCUT2D eigenvalue weighted by Gasteiger charge is 2.26. The first-order valence-corrected chi connectivity index (χ1v) is 6.98. The standard InChI is InChI=1S/C15H17N3O3/c1-3-12-14(15(19)20-2)16-17-18(12)9-11-8-10-6-4-5-7-13(10)21-11/h4-7,11H,3,8-9H2,1-2H3. The first kappa shape index (κ1) is 13.6. The van der Waals surface area contributed by atoms with Gasteiger partial charge in [-0.3, -0.25) is 0 Å². The van der Waals surface area contributed by atoms with Gasteiger partial charge in [-0.25, -0.2) is 9.48 Å². The summed E-state index contributed by atoms with van der Waals surface area (Å²) >= 11 is 0. The van der Waals surface area contributed by atoms with Crippen LogP contribution in [0.1, 0.15) is 28.7 Å². The van der Waals surface area contributed by atoms with Crippen molar-refractivity contribution in [3.63, 3.8) is 0 Å². The van der Waals surface area contributed by atoms with Gasteiger partial charge in [0.1, 0.15) is 11.9 Å². The Labute approximate surface area is 122 Å². The summed E-state index contributed by atoms with van der Waals surface area (Å²) < 4.78 is 12.4. The third-order valence-electron chi connectivity index (χ3n) is 3.64. The highest BCUT2D eigenvalue weighted by molar-refractivity contribution is 5.88. The van der Waals surface area contributed by atoms with Gasteiger partial charge in [0.15, 0.2) is 5.69 Å². The van der Waals surface area contributed by atoms with Crippen molar-refractivity contribution in [2.45, 2.75) is 32.4 Å². The van der Waals surface area contributed by atoms with Gasteiger partial charge in [0.2, 0.25) is 0 Å². The van der Waals surface area contributed by atoms with E-state index in [-0.39, 0.29) is 11.8 Å². The molecule has 0 spiro atoms. The molecule has 1 aliphatic rings. The lowest BCUT2D eigenvalue weighted by molar-refractivity contribution is 0.0592. The zero-order chi connectivity index (χ0) is 14.8. The summed E-state index contributed by atoms with van der Waals surface area (Å²) in [5.41, 5.74) is 2.27. The zero-order valence-electron chi connectivity index (χ0n) is 12.1. The van der Waals surface area contributed by atoms with Crippen LogP contribution in [0.4, 0.5) is 0 Å². The molecule has 21 heavy (non-hydrogen) atoms. The number of para-hydroxylation sites is 1. The Kier molecular flexibility index (Phi) is 3.60. The van der Waals surface area contributed by atoms with Gasteiger partial charge in [-0.1, -0.05) is 30.3 Å². The number of ether oxygens (including phenoxy) is 2. The van der Waals surface area contributed by atoms with Gasteiger partial charge in [0.05, 0.1) is 19.3 Å². The lowest BCUT2D eigenvalue weighted by atomic mass is 10.1. The third-order valence-corrected chi connectivity index (χ3v) is 3.64. The predicted octanol–water partition coefficient (Wildman–Crippen LogP) is 1.63. The molecule has 110 valence electrons. The number of hydrogen-bond acceptors (Lipinski definition) is 5. The van der Waals surface area contributed by atoms with Gasteiger partial charge in [-0.15, -0.1) is 5.10 Å². The van der Waals surface area contributed by atoms with Crippen LogP contribution in [0.15, 0.2) is 24.3 Å². The molecule has 3 rings (SSSR count). The summed E-state index contributed by atoms with van der Waals surface area (Å²) in [5, 5.41) is 8.00. The number of benzene rings is 1. The second kappa shape index (κ2) is 5.55. The third kappa shape index (κ3) is 2.49. The van der Waals surface area contributed by atoms with Crippen molar-refractivity contribution in [3.05, 3.63) is 41.2 Å². The normalized spacial score (nSPS) is 16.4. The van der Waals surface area contributed by atoms with E-state index in [1.807, 2.05) is 25.1 Å². The van der Waals surface area contributed by atoms with E-state index < -0.39 is 5.97 Å². The van der Waals surface area contributed by atoms with Crippen LogP contribution < -0.4 is 4.74 Å². The van der Waals surface area contributed by atoms with Crippen molar-refractivity contribution in [2.75, 3.05) is 7.11 Å². The van der Waals surface area contributed by atoms with Crippen LogP contribution in [0.25, 0.3) is 0 Å². The molecule has 1 aromatic heterocycles. The van der Waals surface area contributed by atoms with E-state index in [0.717, 1.165) is 17.9 Å². The van der Waals surface area contributed by atoms with E-state index >= 15 is 0 Å². The summed E-state index contributed by atoms with van der Waals surface area (Å²) in [6.07, 6.45) is 1.52. The number of carbonyl (C=O) groups is 1. The van der Waals surface area contributed by atoms with Crippen LogP contribution >= 0.6 is 0 Å². The van der Waals surface area contributed by atoms with Crippen LogP contribution in [-0.2, 0) is 24.1 Å². The van der Waals surface area contributed by atoms with Gasteiger partial charge < -0.3 is 9.47 Å². The molecule has 0 aliphatic carbocycles. The Hall–Kier alpha value is -2.37. The Morgan fingerprint density at radius 1 is 1.48 bits per heavy atom. The average molecular weight is 287 g/mol. The van der Waals surface area contributed by atoms with Crippen molar-refractivity contribution < 1.29 is 14.3 Å². The van der Waals surface area contributed by atoms with Crippen LogP contribution in [0.5, 0.6) is 5.75 Å². The average Bonchev–Trinajstić information content (AvgIpc) is 3.09. The van der Waals surface area contributed by atoms with Crippen molar-refractivity contribution in [1.29, 1.82) is 0 Å². The van der Waals surface area contributed by atoms with E-state index in [0.29, 0.717) is 13.0 Å². The first-order valence-electron chi connectivity index (χ1n) is 6.98. The van der Waals surface area contributed by atoms with E-state index in [4.69, 9.17) is 9.47 Å². The maximum atomic E-state index is 11.7. The Balaban J connectivity index is 1.78. The molecule has 0 saturated heterocycles. The van der Waals surface area contributed by atoms with Crippen LogP contribution in [0.2, 0.25) is 0 Å². The molecule has 1 atom stereocenters.